The van der Waals surface area contributed by atoms with Crippen LogP contribution < -0.4 is 0 Å². The number of ether oxygens (including phenoxy) is 2. The third-order valence-corrected chi connectivity index (χ3v) is 5.24. The van der Waals surface area contributed by atoms with Gasteiger partial charge >= 0.3 is 5.97 Å². The lowest BCUT2D eigenvalue weighted by Crippen LogP contribution is -2.37. The fraction of sp³-hybridized carbons (Fsp3) is 0.458. The summed E-state index contributed by atoms with van der Waals surface area (Å²) in [7, 11) is 1.74. The second-order valence-corrected chi connectivity index (χ2v) is 7.28. The standard InChI is InChI=1S/C24H32N2O5/c1-6-30-15-11-14-26(23(28)19-12-9-8-10-13-19)16-20(27)21-17(3)22(24(29)31-7-2)25(5)18(21)4/h8-10,12-13H,6-7,11,14-16H2,1-5H3. The van der Waals surface area contributed by atoms with Crippen molar-refractivity contribution < 1.29 is 23.9 Å². The number of amides is 1. The van der Waals surface area contributed by atoms with Crippen LogP contribution in [0.1, 0.15) is 62.7 Å². The molecule has 1 aromatic carbocycles. The number of hydrogen-bond acceptors (Lipinski definition) is 5. The average Bonchev–Trinajstić information content (AvgIpc) is 2.98. The minimum atomic E-state index is -0.460. The van der Waals surface area contributed by atoms with Gasteiger partial charge in [-0.1, -0.05) is 18.2 Å². The van der Waals surface area contributed by atoms with Gasteiger partial charge in [0, 0.05) is 43.6 Å². The van der Waals surface area contributed by atoms with Crippen LogP contribution in [0.25, 0.3) is 0 Å². The van der Waals surface area contributed by atoms with E-state index >= 15 is 0 Å². The van der Waals surface area contributed by atoms with E-state index in [0.717, 1.165) is 0 Å². The van der Waals surface area contributed by atoms with E-state index in [1.165, 1.54) is 0 Å². The van der Waals surface area contributed by atoms with E-state index in [1.54, 1.807) is 61.6 Å². The lowest BCUT2D eigenvalue weighted by Gasteiger charge is -2.22. The molecule has 31 heavy (non-hydrogen) atoms. The van der Waals surface area contributed by atoms with Crippen LogP contribution in [0, 0.1) is 13.8 Å². The second-order valence-electron chi connectivity index (χ2n) is 7.28. The maximum atomic E-state index is 13.3. The van der Waals surface area contributed by atoms with Crippen LogP contribution in [0.2, 0.25) is 0 Å². The number of Topliss-reactive ketones (excluding diaryl/α,β-unsaturated/α-hetero) is 1. The Bertz CT molecular complexity index is 918. The maximum absolute atomic E-state index is 13.3. The second kappa shape index (κ2) is 11.5. The Balaban J connectivity index is 2.29. The van der Waals surface area contributed by atoms with Gasteiger partial charge in [-0.05, 0) is 51.8 Å². The highest BCUT2D eigenvalue weighted by Crippen LogP contribution is 2.23. The normalized spacial score (nSPS) is 10.7. The Morgan fingerprint density at radius 2 is 1.71 bits per heavy atom. The van der Waals surface area contributed by atoms with Gasteiger partial charge in [-0.25, -0.2) is 4.79 Å². The van der Waals surface area contributed by atoms with Crippen LogP contribution in [-0.4, -0.2) is 60.0 Å². The van der Waals surface area contributed by atoms with Gasteiger partial charge in [-0.15, -0.1) is 0 Å². The van der Waals surface area contributed by atoms with E-state index in [4.69, 9.17) is 9.47 Å². The fourth-order valence-corrected chi connectivity index (χ4v) is 3.65. The van der Waals surface area contributed by atoms with Crippen LogP contribution in [0.5, 0.6) is 0 Å². The smallest absolute Gasteiger partial charge is 0.355 e. The highest BCUT2D eigenvalue weighted by molar-refractivity contribution is 6.06. The zero-order chi connectivity index (χ0) is 23.0. The fourth-order valence-electron chi connectivity index (χ4n) is 3.65. The van der Waals surface area contributed by atoms with Crippen molar-refractivity contribution in [2.45, 2.75) is 34.1 Å². The summed E-state index contributed by atoms with van der Waals surface area (Å²) in [6.45, 7) is 8.88. The molecule has 0 saturated carbocycles. The summed E-state index contributed by atoms with van der Waals surface area (Å²) in [5.74, 6) is -0.872. The van der Waals surface area contributed by atoms with E-state index < -0.39 is 5.97 Å². The van der Waals surface area contributed by atoms with E-state index in [-0.39, 0.29) is 24.8 Å². The van der Waals surface area contributed by atoms with Crippen LogP contribution in [0.15, 0.2) is 30.3 Å². The third kappa shape index (κ3) is 5.82. The minimum Gasteiger partial charge on any atom is -0.461 e. The molecule has 2 aromatic rings. The molecule has 0 atom stereocenters. The van der Waals surface area contributed by atoms with Gasteiger partial charge < -0.3 is 18.9 Å². The first kappa shape index (κ1) is 24.3. The number of nitrogens with zero attached hydrogens (tertiary/aromatic N) is 2. The summed E-state index contributed by atoms with van der Waals surface area (Å²) in [5.41, 5.74) is 2.60. The molecule has 0 N–H and O–H groups in total. The minimum absolute atomic E-state index is 0.0756. The lowest BCUT2D eigenvalue weighted by atomic mass is 10.0. The zero-order valence-electron chi connectivity index (χ0n) is 19.1. The Morgan fingerprint density at radius 1 is 1.03 bits per heavy atom. The van der Waals surface area contributed by atoms with Gasteiger partial charge in [0.1, 0.15) is 5.69 Å². The third-order valence-electron chi connectivity index (χ3n) is 5.24. The molecule has 7 heteroatoms. The molecule has 0 spiro atoms. The molecule has 0 saturated heterocycles. The van der Waals surface area contributed by atoms with Crippen LogP contribution in [0.3, 0.4) is 0 Å². The van der Waals surface area contributed by atoms with E-state index in [9.17, 15) is 14.4 Å². The lowest BCUT2D eigenvalue weighted by molar-refractivity contribution is 0.0513. The van der Waals surface area contributed by atoms with Gasteiger partial charge in [0.15, 0.2) is 5.78 Å². The monoisotopic (exact) mass is 428 g/mol. The highest BCUT2D eigenvalue weighted by Gasteiger charge is 2.27. The molecular weight excluding hydrogens is 396 g/mol. The Kier molecular flexibility index (Phi) is 9.00. The summed E-state index contributed by atoms with van der Waals surface area (Å²) >= 11 is 0. The number of carbonyl (C=O) groups is 3. The summed E-state index contributed by atoms with van der Waals surface area (Å²) < 4.78 is 12.2. The van der Waals surface area contributed by atoms with Crippen molar-refractivity contribution in [2.24, 2.45) is 7.05 Å². The van der Waals surface area contributed by atoms with Crippen molar-refractivity contribution in [3.05, 3.63) is 58.4 Å². The van der Waals surface area contributed by atoms with Gasteiger partial charge in [0.05, 0.1) is 13.2 Å². The first-order valence-electron chi connectivity index (χ1n) is 10.6. The first-order valence-corrected chi connectivity index (χ1v) is 10.6. The molecule has 0 aliphatic rings. The topological polar surface area (TPSA) is 77.8 Å². The van der Waals surface area contributed by atoms with E-state index in [2.05, 4.69) is 0 Å². The summed E-state index contributed by atoms with van der Waals surface area (Å²) in [6, 6.07) is 8.91. The first-order chi connectivity index (χ1) is 14.8. The molecule has 0 radical (unpaired) electrons. The van der Waals surface area contributed by atoms with Crippen molar-refractivity contribution in [1.29, 1.82) is 0 Å². The number of benzene rings is 1. The number of rotatable bonds is 11. The summed E-state index contributed by atoms with van der Waals surface area (Å²) in [4.78, 5) is 40.2. The van der Waals surface area contributed by atoms with E-state index in [0.29, 0.717) is 54.3 Å². The van der Waals surface area contributed by atoms with Gasteiger partial charge in [-0.3, -0.25) is 9.59 Å². The molecule has 0 aliphatic carbocycles. The summed E-state index contributed by atoms with van der Waals surface area (Å²) in [5, 5.41) is 0. The molecule has 1 aromatic heterocycles. The molecule has 2 rings (SSSR count). The molecule has 0 aliphatic heterocycles. The van der Waals surface area contributed by atoms with Crippen molar-refractivity contribution in [2.75, 3.05) is 32.9 Å². The Labute approximate surface area is 183 Å². The van der Waals surface area contributed by atoms with Gasteiger partial charge in [-0.2, -0.15) is 0 Å². The van der Waals surface area contributed by atoms with Gasteiger partial charge in [0.25, 0.3) is 5.91 Å². The average molecular weight is 429 g/mol. The van der Waals surface area contributed by atoms with Gasteiger partial charge in [0.2, 0.25) is 0 Å². The highest BCUT2D eigenvalue weighted by atomic mass is 16.5. The zero-order valence-corrected chi connectivity index (χ0v) is 19.1. The van der Waals surface area contributed by atoms with Crippen LogP contribution >= 0.6 is 0 Å². The maximum Gasteiger partial charge on any atom is 0.355 e. The van der Waals surface area contributed by atoms with Crippen molar-refractivity contribution >= 4 is 17.7 Å². The molecule has 7 nitrogen and oxygen atoms in total. The van der Waals surface area contributed by atoms with Crippen LogP contribution in [0.4, 0.5) is 0 Å². The molecule has 168 valence electrons. The van der Waals surface area contributed by atoms with E-state index in [1.807, 2.05) is 13.0 Å². The number of ketones is 1. The summed E-state index contributed by atoms with van der Waals surface area (Å²) in [6.07, 6.45) is 0.626. The quantitative estimate of drug-likeness (QED) is 0.311. The number of hydrogen-bond donors (Lipinski definition) is 0. The predicted octanol–water partition coefficient (Wildman–Crippen LogP) is 3.57. The number of carbonyl (C=O) groups excluding carboxylic acids is 3. The molecule has 0 fully saturated rings. The van der Waals surface area contributed by atoms with Crippen molar-refractivity contribution in [3.63, 3.8) is 0 Å². The van der Waals surface area contributed by atoms with Crippen molar-refractivity contribution in [1.82, 2.24) is 9.47 Å². The Hall–Kier alpha value is -2.93. The predicted molar refractivity (Wildman–Crippen MR) is 119 cm³/mol. The molecule has 1 heterocycles. The molecule has 1 amide bonds. The van der Waals surface area contributed by atoms with Crippen molar-refractivity contribution in [3.8, 4) is 0 Å². The molecule has 0 bridgehead atoms. The van der Waals surface area contributed by atoms with Crippen LogP contribution in [-0.2, 0) is 16.5 Å². The SMILES string of the molecule is CCOCCCN(CC(=O)c1c(C)c(C(=O)OCC)n(C)c1C)C(=O)c1ccccc1. The number of esters is 1. The number of aromatic nitrogens is 1. The Morgan fingerprint density at radius 3 is 2.32 bits per heavy atom. The molecular formula is C24H32N2O5. The molecule has 0 unspecified atom stereocenters. The largest absolute Gasteiger partial charge is 0.461 e.